The molecule has 0 spiro atoms. The third-order valence-electron chi connectivity index (χ3n) is 3.04. The molecule has 0 saturated heterocycles. The fraction of sp³-hybridized carbons (Fsp3) is 0.0769. The average molecular weight is 373 g/mol. The van der Waals surface area contributed by atoms with Crippen LogP contribution in [0.1, 0.15) is 11.1 Å². The van der Waals surface area contributed by atoms with Crippen LogP contribution in [0.15, 0.2) is 24.3 Å². The van der Waals surface area contributed by atoms with E-state index >= 15 is 0 Å². The molecule has 0 N–H and O–H groups in total. The van der Waals surface area contributed by atoms with Gasteiger partial charge in [-0.15, -0.1) is 0 Å². The van der Waals surface area contributed by atoms with Gasteiger partial charge in [0, 0.05) is 17.7 Å². The van der Waals surface area contributed by atoms with Gasteiger partial charge in [-0.1, -0.05) is 23.7 Å². The van der Waals surface area contributed by atoms with Gasteiger partial charge >= 0.3 is 11.9 Å². The Labute approximate surface area is 141 Å². The molecule has 0 aliphatic carbocycles. The van der Waals surface area contributed by atoms with Crippen molar-refractivity contribution in [3.05, 3.63) is 60.8 Å². The summed E-state index contributed by atoms with van der Waals surface area (Å²) in [6.45, 7) is 0. The molecular weight excluding hydrogens is 369 g/mol. The Morgan fingerprint density at radius 2 is 1.84 bits per heavy atom. The monoisotopic (exact) mass is 372 g/mol. The normalized spacial score (nSPS) is 11.0. The van der Waals surface area contributed by atoms with Crippen molar-refractivity contribution in [3.8, 4) is 17.3 Å². The molecule has 0 fully saturated rings. The van der Waals surface area contributed by atoms with Gasteiger partial charge in [0.05, 0.1) is 9.85 Å². The van der Waals surface area contributed by atoms with E-state index in [2.05, 4.69) is 4.98 Å². The quantitative estimate of drug-likeness (QED) is 0.453. The van der Waals surface area contributed by atoms with Gasteiger partial charge in [-0.05, 0) is 0 Å². The van der Waals surface area contributed by atoms with Crippen LogP contribution in [0.25, 0.3) is 11.3 Å². The van der Waals surface area contributed by atoms with Crippen molar-refractivity contribution in [2.24, 2.45) is 0 Å². The van der Waals surface area contributed by atoms with E-state index in [1.54, 1.807) is 0 Å². The maximum absolute atomic E-state index is 13.3. The first-order chi connectivity index (χ1) is 11.6. The van der Waals surface area contributed by atoms with Gasteiger partial charge in [-0.2, -0.15) is 18.4 Å². The lowest BCUT2D eigenvalue weighted by Crippen LogP contribution is -2.14. The van der Waals surface area contributed by atoms with Crippen LogP contribution in [0.5, 0.6) is 0 Å². The first-order valence-corrected chi connectivity index (χ1v) is 6.55. The number of nitro benzene ring substituents is 1. The standard InChI is InChI=1S/C13H4ClF3N4O4/c14-12-8(5-18)9(13(15,16)17)11(21(24)25)10(19-12)6-2-1-3-7(4-6)20(22)23/h1-4H. The summed E-state index contributed by atoms with van der Waals surface area (Å²) in [5, 5.41) is 30.0. The summed E-state index contributed by atoms with van der Waals surface area (Å²) < 4.78 is 39.9. The SMILES string of the molecule is N#Cc1c(Cl)nc(-c2cccc([N+](=O)[O-])c2)c([N+](=O)[O-])c1C(F)(F)F. The van der Waals surface area contributed by atoms with Gasteiger partial charge in [0.1, 0.15) is 16.8 Å². The van der Waals surface area contributed by atoms with E-state index in [4.69, 9.17) is 16.9 Å². The van der Waals surface area contributed by atoms with Gasteiger partial charge in [0.2, 0.25) is 0 Å². The van der Waals surface area contributed by atoms with E-state index in [9.17, 15) is 33.4 Å². The van der Waals surface area contributed by atoms with E-state index in [1.807, 2.05) is 0 Å². The molecule has 0 saturated carbocycles. The molecule has 8 nitrogen and oxygen atoms in total. The van der Waals surface area contributed by atoms with Crippen molar-refractivity contribution in [3.63, 3.8) is 0 Å². The van der Waals surface area contributed by atoms with Crippen LogP contribution < -0.4 is 0 Å². The van der Waals surface area contributed by atoms with Crippen LogP contribution in [0.4, 0.5) is 24.5 Å². The number of hydrogen-bond acceptors (Lipinski definition) is 6. The molecule has 0 aliphatic heterocycles. The number of halogens is 4. The highest BCUT2D eigenvalue weighted by Gasteiger charge is 2.45. The Kier molecular flexibility index (Phi) is 4.58. The lowest BCUT2D eigenvalue weighted by atomic mass is 10.0. The first kappa shape index (κ1) is 18.1. The van der Waals surface area contributed by atoms with Crippen molar-refractivity contribution in [2.75, 3.05) is 0 Å². The van der Waals surface area contributed by atoms with Crippen molar-refractivity contribution in [1.29, 1.82) is 5.26 Å². The van der Waals surface area contributed by atoms with E-state index in [1.165, 1.54) is 0 Å². The molecule has 12 heteroatoms. The number of nitro groups is 2. The van der Waals surface area contributed by atoms with E-state index < -0.39 is 49.4 Å². The zero-order valence-corrected chi connectivity index (χ0v) is 12.5. The molecule has 0 atom stereocenters. The summed E-state index contributed by atoms with van der Waals surface area (Å²) in [4.78, 5) is 23.3. The van der Waals surface area contributed by atoms with E-state index in [0.717, 1.165) is 30.3 Å². The minimum atomic E-state index is -5.27. The summed E-state index contributed by atoms with van der Waals surface area (Å²) in [5.41, 5.74) is -6.23. The van der Waals surface area contributed by atoms with Gasteiger partial charge < -0.3 is 0 Å². The molecular formula is C13H4ClF3N4O4. The number of benzene rings is 1. The molecule has 0 radical (unpaired) electrons. The molecule has 0 aliphatic rings. The van der Waals surface area contributed by atoms with E-state index in [0.29, 0.717) is 0 Å². The second kappa shape index (κ2) is 6.33. The first-order valence-electron chi connectivity index (χ1n) is 6.18. The number of non-ortho nitro benzene ring substituents is 1. The molecule has 1 aromatic carbocycles. The smallest absolute Gasteiger partial charge is 0.258 e. The topological polar surface area (TPSA) is 123 Å². The number of hydrogen-bond donors (Lipinski definition) is 0. The Balaban J connectivity index is 2.95. The van der Waals surface area contributed by atoms with Crippen LogP contribution in [0, 0.1) is 31.6 Å². The molecule has 2 rings (SSSR count). The Hall–Kier alpha value is -3.26. The number of alkyl halides is 3. The molecule has 1 aromatic heterocycles. The molecule has 2 aromatic rings. The zero-order chi connectivity index (χ0) is 18.9. The van der Waals surface area contributed by atoms with Gasteiger partial charge in [-0.3, -0.25) is 20.2 Å². The van der Waals surface area contributed by atoms with E-state index in [-0.39, 0.29) is 5.56 Å². The number of nitrogens with zero attached hydrogens (tertiary/aromatic N) is 4. The van der Waals surface area contributed by atoms with Crippen molar-refractivity contribution in [2.45, 2.75) is 6.18 Å². The number of rotatable bonds is 3. The summed E-state index contributed by atoms with van der Waals surface area (Å²) in [5.74, 6) is 0. The fourth-order valence-corrected chi connectivity index (χ4v) is 2.29. The summed E-state index contributed by atoms with van der Waals surface area (Å²) in [6, 6.07) is 5.24. The fourth-order valence-electron chi connectivity index (χ4n) is 2.07. The van der Waals surface area contributed by atoms with Crippen LogP contribution in [0.2, 0.25) is 5.15 Å². The Morgan fingerprint density at radius 3 is 2.32 bits per heavy atom. The molecule has 0 unspecified atom stereocenters. The molecule has 0 bridgehead atoms. The van der Waals surface area contributed by atoms with Crippen LogP contribution in [-0.2, 0) is 6.18 Å². The molecule has 0 amide bonds. The Morgan fingerprint density at radius 1 is 1.20 bits per heavy atom. The summed E-state index contributed by atoms with van der Waals surface area (Å²) >= 11 is 5.58. The second-order valence-electron chi connectivity index (χ2n) is 4.52. The predicted octanol–water partition coefficient (Wildman–Crippen LogP) is 4.11. The predicted molar refractivity (Wildman–Crippen MR) is 77.7 cm³/mol. The third-order valence-corrected chi connectivity index (χ3v) is 3.31. The minimum absolute atomic E-state index is 0.321. The van der Waals surface area contributed by atoms with Gasteiger partial charge in [-0.25, -0.2) is 4.98 Å². The Bertz CT molecular complexity index is 940. The molecule has 128 valence electrons. The molecule has 25 heavy (non-hydrogen) atoms. The largest absolute Gasteiger partial charge is 0.424 e. The second-order valence-corrected chi connectivity index (χ2v) is 4.88. The van der Waals surface area contributed by atoms with Crippen LogP contribution in [-0.4, -0.2) is 14.8 Å². The number of aromatic nitrogens is 1. The van der Waals surface area contributed by atoms with Crippen LogP contribution >= 0.6 is 11.6 Å². The molecule has 1 heterocycles. The van der Waals surface area contributed by atoms with Gasteiger partial charge in [0.25, 0.3) is 5.69 Å². The maximum Gasteiger partial charge on any atom is 0.424 e. The highest BCUT2D eigenvalue weighted by molar-refractivity contribution is 6.31. The summed E-state index contributed by atoms with van der Waals surface area (Å²) in [6.07, 6.45) is -5.27. The highest BCUT2D eigenvalue weighted by atomic mass is 35.5. The minimum Gasteiger partial charge on any atom is -0.258 e. The average Bonchev–Trinajstić information content (AvgIpc) is 2.52. The zero-order valence-electron chi connectivity index (χ0n) is 11.7. The lowest BCUT2D eigenvalue weighted by Gasteiger charge is -2.13. The summed E-state index contributed by atoms with van der Waals surface area (Å²) in [7, 11) is 0. The van der Waals surface area contributed by atoms with Crippen molar-refractivity contribution in [1.82, 2.24) is 4.98 Å². The maximum atomic E-state index is 13.3. The van der Waals surface area contributed by atoms with Crippen molar-refractivity contribution >= 4 is 23.0 Å². The van der Waals surface area contributed by atoms with Gasteiger partial charge in [0.15, 0.2) is 11.3 Å². The lowest BCUT2D eigenvalue weighted by molar-refractivity contribution is -0.387. The van der Waals surface area contributed by atoms with Crippen LogP contribution in [0.3, 0.4) is 0 Å². The highest BCUT2D eigenvalue weighted by Crippen LogP contribution is 2.44. The van der Waals surface area contributed by atoms with Crippen molar-refractivity contribution < 1.29 is 23.0 Å². The number of pyridine rings is 1. The third kappa shape index (κ3) is 3.33. The number of nitriles is 1.